The van der Waals surface area contributed by atoms with Crippen LogP contribution in [0.3, 0.4) is 0 Å². The van der Waals surface area contributed by atoms with E-state index >= 15 is 0 Å². The third kappa shape index (κ3) is 2.45. The van der Waals surface area contributed by atoms with Crippen molar-refractivity contribution in [3.05, 3.63) is 34.9 Å². The van der Waals surface area contributed by atoms with E-state index in [0.717, 1.165) is 18.5 Å². The van der Waals surface area contributed by atoms with Gasteiger partial charge in [0, 0.05) is 25.7 Å². The normalized spacial score (nSPS) is 28.3. The standard InChI is InChI=1S/C16H24N2/c1-12-5-6-14(8-13(12)2)9-18-10-15-4-3-7-17-16(15)11-18/h5-6,8,15-17H,3-4,7,9-11H2,1-2H3/t15-,16+/m0/s1. The molecule has 1 aromatic rings. The van der Waals surface area contributed by atoms with Gasteiger partial charge >= 0.3 is 0 Å². The summed E-state index contributed by atoms with van der Waals surface area (Å²) < 4.78 is 0. The van der Waals surface area contributed by atoms with Crippen molar-refractivity contribution in [1.82, 2.24) is 10.2 Å². The zero-order valence-corrected chi connectivity index (χ0v) is 11.6. The number of benzene rings is 1. The van der Waals surface area contributed by atoms with Crippen LogP contribution in [-0.4, -0.2) is 30.6 Å². The molecule has 2 aliphatic rings. The van der Waals surface area contributed by atoms with Crippen molar-refractivity contribution in [3.8, 4) is 0 Å². The van der Waals surface area contributed by atoms with Gasteiger partial charge in [0.2, 0.25) is 0 Å². The van der Waals surface area contributed by atoms with Crippen LogP contribution in [0, 0.1) is 19.8 Å². The van der Waals surface area contributed by atoms with Crippen molar-refractivity contribution in [2.24, 2.45) is 5.92 Å². The second-order valence-electron chi connectivity index (χ2n) is 6.08. The Hall–Kier alpha value is -0.860. The Balaban J connectivity index is 1.64. The van der Waals surface area contributed by atoms with Crippen molar-refractivity contribution in [2.45, 2.75) is 39.3 Å². The summed E-state index contributed by atoms with van der Waals surface area (Å²) in [5, 5.41) is 3.68. The minimum absolute atomic E-state index is 0.755. The van der Waals surface area contributed by atoms with E-state index in [-0.39, 0.29) is 0 Å². The van der Waals surface area contributed by atoms with Gasteiger partial charge in [-0.2, -0.15) is 0 Å². The molecular formula is C16H24N2. The zero-order valence-electron chi connectivity index (χ0n) is 11.6. The summed E-state index contributed by atoms with van der Waals surface area (Å²) in [5.41, 5.74) is 4.29. The Morgan fingerprint density at radius 3 is 2.89 bits per heavy atom. The highest BCUT2D eigenvalue weighted by Crippen LogP contribution is 2.26. The van der Waals surface area contributed by atoms with Crippen LogP contribution in [0.25, 0.3) is 0 Å². The van der Waals surface area contributed by atoms with Crippen molar-refractivity contribution in [2.75, 3.05) is 19.6 Å². The third-order valence-corrected chi connectivity index (χ3v) is 4.65. The van der Waals surface area contributed by atoms with E-state index in [4.69, 9.17) is 0 Å². The molecular weight excluding hydrogens is 220 g/mol. The fourth-order valence-corrected chi connectivity index (χ4v) is 3.43. The van der Waals surface area contributed by atoms with Crippen LogP contribution in [0.4, 0.5) is 0 Å². The number of rotatable bonds is 2. The molecule has 2 saturated heterocycles. The van der Waals surface area contributed by atoms with Crippen LogP contribution in [0.15, 0.2) is 18.2 Å². The predicted octanol–water partition coefficient (Wildman–Crippen LogP) is 2.49. The molecule has 0 spiro atoms. The lowest BCUT2D eigenvalue weighted by molar-refractivity contribution is 0.312. The minimum Gasteiger partial charge on any atom is -0.312 e. The summed E-state index contributed by atoms with van der Waals surface area (Å²) in [6.07, 6.45) is 2.78. The molecule has 2 heterocycles. The lowest BCUT2D eigenvalue weighted by atomic mass is 9.94. The summed E-state index contributed by atoms with van der Waals surface area (Å²) in [6, 6.07) is 7.65. The van der Waals surface area contributed by atoms with Crippen molar-refractivity contribution in [1.29, 1.82) is 0 Å². The lowest BCUT2D eigenvalue weighted by Gasteiger charge is -2.24. The Morgan fingerprint density at radius 1 is 1.22 bits per heavy atom. The average molecular weight is 244 g/mol. The Bertz CT molecular complexity index is 413. The number of nitrogens with zero attached hydrogens (tertiary/aromatic N) is 1. The fourth-order valence-electron chi connectivity index (χ4n) is 3.43. The van der Waals surface area contributed by atoms with Crippen molar-refractivity contribution >= 4 is 0 Å². The molecule has 1 aromatic carbocycles. The van der Waals surface area contributed by atoms with Gasteiger partial charge < -0.3 is 5.32 Å². The fraction of sp³-hybridized carbons (Fsp3) is 0.625. The van der Waals surface area contributed by atoms with Crippen LogP contribution < -0.4 is 5.32 Å². The Labute approximate surface area is 110 Å². The smallest absolute Gasteiger partial charge is 0.0235 e. The van der Waals surface area contributed by atoms with Gasteiger partial charge in [-0.25, -0.2) is 0 Å². The first-order valence-corrected chi connectivity index (χ1v) is 7.24. The molecule has 0 saturated carbocycles. The summed E-state index contributed by atoms with van der Waals surface area (Å²) in [4.78, 5) is 2.62. The molecule has 0 aliphatic carbocycles. The van der Waals surface area contributed by atoms with E-state index in [1.54, 1.807) is 0 Å². The molecule has 2 nitrogen and oxygen atoms in total. The summed E-state index contributed by atoms with van der Waals surface area (Å²) in [6.45, 7) is 9.26. The van der Waals surface area contributed by atoms with E-state index in [0.29, 0.717) is 0 Å². The third-order valence-electron chi connectivity index (χ3n) is 4.65. The first-order chi connectivity index (χ1) is 8.72. The summed E-state index contributed by atoms with van der Waals surface area (Å²) >= 11 is 0. The molecule has 1 N–H and O–H groups in total. The zero-order chi connectivity index (χ0) is 12.5. The molecule has 0 amide bonds. The minimum atomic E-state index is 0.755. The molecule has 98 valence electrons. The number of piperidine rings is 1. The number of aryl methyl sites for hydroxylation is 2. The quantitative estimate of drug-likeness (QED) is 0.860. The summed E-state index contributed by atoms with van der Waals surface area (Å²) in [7, 11) is 0. The first-order valence-electron chi connectivity index (χ1n) is 7.24. The maximum atomic E-state index is 3.68. The Kier molecular flexibility index (Phi) is 3.40. The van der Waals surface area contributed by atoms with Crippen LogP contribution in [-0.2, 0) is 6.54 Å². The van der Waals surface area contributed by atoms with Crippen LogP contribution in [0.5, 0.6) is 0 Å². The van der Waals surface area contributed by atoms with Gasteiger partial charge in [0.1, 0.15) is 0 Å². The van der Waals surface area contributed by atoms with Crippen LogP contribution in [0.1, 0.15) is 29.5 Å². The van der Waals surface area contributed by atoms with Gasteiger partial charge in [-0.15, -0.1) is 0 Å². The molecule has 2 aliphatic heterocycles. The van der Waals surface area contributed by atoms with Gasteiger partial charge in [0.25, 0.3) is 0 Å². The highest BCUT2D eigenvalue weighted by molar-refractivity contribution is 5.29. The number of fused-ring (bicyclic) bond motifs is 1. The number of nitrogens with one attached hydrogen (secondary N) is 1. The van der Waals surface area contributed by atoms with Crippen molar-refractivity contribution in [3.63, 3.8) is 0 Å². The highest BCUT2D eigenvalue weighted by Gasteiger charge is 2.33. The van der Waals surface area contributed by atoms with Crippen LogP contribution >= 0.6 is 0 Å². The molecule has 0 aromatic heterocycles. The largest absolute Gasteiger partial charge is 0.312 e. The predicted molar refractivity (Wildman–Crippen MR) is 75.7 cm³/mol. The monoisotopic (exact) mass is 244 g/mol. The van der Waals surface area contributed by atoms with Gasteiger partial charge in [-0.3, -0.25) is 4.90 Å². The van der Waals surface area contributed by atoms with E-state index in [1.165, 1.54) is 49.2 Å². The van der Waals surface area contributed by atoms with Gasteiger partial charge in [-0.05, 0) is 55.8 Å². The molecule has 0 bridgehead atoms. The topological polar surface area (TPSA) is 15.3 Å². The number of likely N-dealkylation sites (tertiary alicyclic amines) is 1. The SMILES string of the molecule is Cc1ccc(CN2C[C@@H]3CCCN[C@@H]3C2)cc1C. The molecule has 0 unspecified atom stereocenters. The molecule has 2 heteroatoms. The molecule has 2 atom stereocenters. The van der Waals surface area contributed by atoms with E-state index in [1.807, 2.05) is 0 Å². The highest BCUT2D eigenvalue weighted by atomic mass is 15.2. The number of hydrogen-bond donors (Lipinski definition) is 1. The summed E-state index contributed by atoms with van der Waals surface area (Å²) in [5.74, 6) is 0.894. The maximum absolute atomic E-state index is 3.68. The van der Waals surface area contributed by atoms with Crippen molar-refractivity contribution < 1.29 is 0 Å². The Morgan fingerprint density at radius 2 is 2.11 bits per heavy atom. The average Bonchev–Trinajstić information content (AvgIpc) is 2.76. The lowest BCUT2D eigenvalue weighted by Crippen LogP contribution is -2.40. The van der Waals surface area contributed by atoms with Crippen LogP contribution in [0.2, 0.25) is 0 Å². The molecule has 3 rings (SSSR count). The van der Waals surface area contributed by atoms with E-state index < -0.39 is 0 Å². The molecule has 0 radical (unpaired) electrons. The molecule has 18 heavy (non-hydrogen) atoms. The van der Waals surface area contributed by atoms with E-state index in [9.17, 15) is 0 Å². The van der Waals surface area contributed by atoms with Gasteiger partial charge in [0.05, 0.1) is 0 Å². The molecule has 2 fully saturated rings. The van der Waals surface area contributed by atoms with Gasteiger partial charge in [0.15, 0.2) is 0 Å². The maximum Gasteiger partial charge on any atom is 0.0235 e. The van der Waals surface area contributed by atoms with Gasteiger partial charge in [-0.1, -0.05) is 18.2 Å². The number of hydrogen-bond acceptors (Lipinski definition) is 2. The second-order valence-corrected chi connectivity index (χ2v) is 6.08. The van der Waals surface area contributed by atoms with E-state index in [2.05, 4.69) is 42.3 Å². The second kappa shape index (κ2) is 5.02. The first kappa shape index (κ1) is 12.2.